The van der Waals surface area contributed by atoms with Crippen molar-refractivity contribution in [1.29, 1.82) is 0 Å². The standard InChI is InChI=1S/C17H17ClN2O3S2/c1-12(25-16-8-4-14(5-9-16)20(22)23)17(21)19-10-11-24-15-6-2-13(18)3-7-15/h2-9,12H,10-11H2,1H3,(H,19,21)/t12-/m1/s1. The van der Waals surface area contributed by atoms with E-state index in [0.717, 1.165) is 15.5 Å². The van der Waals surface area contributed by atoms with Crippen molar-refractivity contribution in [3.63, 3.8) is 0 Å². The molecule has 1 N–H and O–H groups in total. The molecule has 0 saturated carbocycles. The summed E-state index contributed by atoms with van der Waals surface area (Å²) in [6, 6.07) is 13.8. The van der Waals surface area contributed by atoms with Gasteiger partial charge in [-0.05, 0) is 43.3 Å². The van der Waals surface area contributed by atoms with Crippen molar-refractivity contribution in [3.05, 3.63) is 63.7 Å². The first-order chi connectivity index (χ1) is 12.0. The molecule has 0 saturated heterocycles. The second-order valence-corrected chi connectivity index (χ2v) is 8.12. The summed E-state index contributed by atoms with van der Waals surface area (Å²) in [4.78, 5) is 24.2. The van der Waals surface area contributed by atoms with Crippen molar-refractivity contribution < 1.29 is 9.72 Å². The topological polar surface area (TPSA) is 72.2 Å². The average molecular weight is 397 g/mol. The van der Waals surface area contributed by atoms with Gasteiger partial charge >= 0.3 is 0 Å². The monoisotopic (exact) mass is 396 g/mol. The fraction of sp³-hybridized carbons (Fsp3) is 0.235. The normalized spacial score (nSPS) is 11.8. The lowest BCUT2D eigenvalue weighted by Crippen LogP contribution is -2.32. The van der Waals surface area contributed by atoms with Gasteiger partial charge in [0.05, 0.1) is 10.2 Å². The Bertz CT molecular complexity index is 724. The van der Waals surface area contributed by atoms with Crippen LogP contribution in [0.2, 0.25) is 5.02 Å². The molecule has 0 radical (unpaired) electrons. The van der Waals surface area contributed by atoms with Gasteiger partial charge in [-0.15, -0.1) is 23.5 Å². The number of nitrogens with one attached hydrogen (secondary N) is 1. The third kappa shape index (κ3) is 6.61. The van der Waals surface area contributed by atoms with Crippen molar-refractivity contribution in [2.45, 2.75) is 22.0 Å². The van der Waals surface area contributed by atoms with E-state index >= 15 is 0 Å². The second kappa shape index (κ2) is 9.70. The molecule has 0 fully saturated rings. The van der Waals surface area contributed by atoms with Crippen LogP contribution in [0.1, 0.15) is 6.92 Å². The van der Waals surface area contributed by atoms with Gasteiger partial charge in [0, 0.05) is 39.2 Å². The number of nitrogens with zero attached hydrogens (tertiary/aromatic N) is 1. The highest BCUT2D eigenvalue weighted by atomic mass is 35.5. The molecule has 0 spiro atoms. The van der Waals surface area contributed by atoms with Crippen LogP contribution >= 0.6 is 35.1 Å². The van der Waals surface area contributed by atoms with Gasteiger partial charge in [-0.3, -0.25) is 14.9 Å². The first kappa shape index (κ1) is 19.6. The molecule has 0 bridgehead atoms. The number of nitro groups is 1. The van der Waals surface area contributed by atoms with Crippen LogP contribution in [0.4, 0.5) is 5.69 Å². The van der Waals surface area contributed by atoms with E-state index in [2.05, 4.69) is 5.32 Å². The number of benzene rings is 2. The van der Waals surface area contributed by atoms with Gasteiger partial charge < -0.3 is 5.32 Å². The number of halogens is 1. The lowest BCUT2D eigenvalue weighted by atomic mass is 10.3. The quantitative estimate of drug-likeness (QED) is 0.304. The minimum Gasteiger partial charge on any atom is -0.354 e. The molecule has 2 aromatic carbocycles. The van der Waals surface area contributed by atoms with Gasteiger partial charge in [-0.1, -0.05) is 11.6 Å². The maximum Gasteiger partial charge on any atom is 0.269 e. The highest BCUT2D eigenvalue weighted by Crippen LogP contribution is 2.25. The fourth-order valence-corrected chi connectivity index (χ4v) is 3.71. The number of thioether (sulfide) groups is 2. The lowest BCUT2D eigenvalue weighted by Gasteiger charge is -2.12. The van der Waals surface area contributed by atoms with Gasteiger partial charge in [0.15, 0.2) is 0 Å². The van der Waals surface area contributed by atoms with Crippen LogP contribution in [0.15, 0.2) is 58.3 Å². The molecule has 0 heterocycles. The van der Waals surface area contributed by atoms with E-state index in [1.54, 1.807) is 23.9 Å². The van der Waals surface area contributed by atoms with Crippen molar-refractivity contribution in [1.82, 2.24) is 5.32 Å². The predicted octanol–water partition coefficient (Wildman–Crippen LogP) is 4.64. The van der Waals surface area contributed by atoms with E-state index in [4.69, 9.17) is 11.6 Å². The SMILES string of the molecule is C[C@@H](Sc1ccc([N+](=O)[O-])cc1)C(=O)NCCSc1ccc(Cl)cc1. The minimum absolute atomic E-state index is 0.0423. The van der Waals surface area contributed by atoms with E-state index in [9.17, 15) is 14.9 Å². The number of hydrogen-bond acceptors (Lipinski definition) is 5. The van der Waals surface area contributed by atoms with E-state index in [1.165, 1.54) is 23.9 Å². The number of nitro benzene ring substituents is 1. The van der Waals surface area contributed by atoms with Crippen molar-refractivity contribution in [3.8, 4) is 0 Å². The van der Waals surface area contributed by atoms with E-state index in [0.29, 0.717) is 11.6 Å². The Labute approximate surface area is 159 Å². The third-order valence-corrected chi connectivity index (χ3v) is 5.59. The van der Waals surface area contributed by atoms with E-state index in [-0.39, 0.29) is 16.8 Å². The van der Waals surface area contributed by atoms with Gasteiger partial charge in [0.2, 0.25) is 5.91 Å². The minimum atomic E-state index is -0.442. The smallest absolute Gasteiger partial charge is 0.269 e. The van der Waals surface area contributed by atoms with Crippen LogP contribution in [0.5, 0.6) is 0 Å². The fourth-order valence-electron chi connectivity index (χ4n) is 1.92. The largest absolute Gasteiger partial charge is 0.354 e. The van der Waals surface area contributed by atoms with Gasteiger partial charge in [0.25, 0.3) is 5.69 Å². The molecule has 1 atom stereocenters. The number of carbonyl (C=O) groups excluding carboxylic acids is 1. The number of non-ortho nitro benzene ring substituents is 1. The number of carbonyl (C=O) groups is 1. The Morgan fingerprint density at radius 3 is 2.36 bits per heavy atom. The van der Waals surface area contributed by atoms with Crippen LogP contribution in [0.3, 0.4) is 0 Å². The van der Waals surface area contributed by atoms with Crippen molar-refractivity contribution >= 4 is 46.7 Å². The number of hydrogen-bond donors (Lipinski definition) is 1. The van der Waals surface area contributed by atoms with Crippen LogP contribution < -0.4 is 5.32 Å². The summed E-state index contributed by atoms with van der Waals surface area (Å²) in [6.07, 6.45) is 0. The Kier molecular flexibility index (Phi) is 7.61. The zero-order valence-corrected chi connectivity index (χ0v) is 15.9. The summed E-state index contributed by atoms with van der Waals surface area (Å²) < 4.78 is 0. The molecular formula is C17H17ClN2O3S2. The Morgan fingerprint density at radius 1 is 1.16 bits per heavy atom. The molecule has 8 heteroatoms. The maximum absolute atomic E-state index is 12.1. The third-order valence-electron chi connectivity index (χ3n) is 3.21. The summed E-state index contributed by atoms with van der Waals surface area (Å²) in [5.74, 6) is 0.711. The van der Waals surface area contributed by atoms with Gasteiger partial charge in [0.1, 0.15) is 0 Å². The average Bonchev–Trinajstić information content (AvgIpc) is 2.60. The van der Waals surface area contributed by atoms with Gasteiger partial charge in [-0.2, -0.15) is 0 Å². The summed E-state index contributed by atoms with van der Waals surface area (Å²) in [7, 11) is 0. The summed E-state index contributed by atoms with van der Waals surface area (Å²) in [5.41, 5.74) is 0.0423. The molecule has 2 aromatic rings. The van der Waals surface area contributed by atoms with Crippen LogP contribution in [0.25, 0.3) is 0 Å². The Morgan fingerprint density at radius 2 is 1.76 bits per heavy atom. The molecule has 0 aliphatic heterocycles. The molecule has 2 rings (SSSR count). The summed E-state index contributed by atoms with van der Waals surface area (Å²) in [5, 5.41) is 14.0. The first-order valence-electron chi connectivity index (χ1n) is 7.53. The molecule has 0 aliphatic rings. The number of rotatable bonds is 8. The molecule has 0 aromatic heterocycles. The first-order valence-corrected chi connectivity index (χ1v) is 9.77. The second-order valence-electron chi connectivity index (χ2n) is 5.10. The zero-order chi connectivity index (χ0) is 18.2. The Balaban J connectivity index is 1.72. The maximum atomic E-state index is 12.1. The molecular weight excluding hydrogens is 380 g/mol. The highest BCUT2D eigenvalue weighted by molar-refractivity contribution is 8.00. The summed E-state index contributed by atoms with van der Waals surface area (Å²) in [6.45, 7) is 2.38. The predicted molar refractivity (Wildman–Crippen MR) is 104 cm³/mol. The van der Waals surface area contributed by atoms with Crippen molar-refractivity contribution in [2.24, 2.45) is 0 Å². The molecule has 132 valence electrons. The van der Waals surface area contributed by atoms with E-state index < -0.39 is 4.92 Å². The van der Waals surface area contributed by atoms with Crippen LogP contribution in [-0.4, -0.2) is 28.4 Å². The van der Waals surface area contributed by atoms with Crippen LogP contribution in [0, 0.1) is 10.1 Å². The van der Waals surface area contributed by atoms with E-state index in [1.807, 2.05) is 31.2 Å². The molecule has 0 unspecified atom stereocenters. The highest BCUT2D eigenvalue weighted by Gasteiger charge is 2.14. The number of amides is 1. The molecule has 1 amide bonds. The van der Waals surface area contributed by atoms with Crippen LogP contribution in [-0.2, 0) is 4.79 Å². The zero-order valence-electron chi connectivity index (χ0n) is 13.5. The molecule has 5 nitrogen and oxygen atoms in total. The lowest BCUT2D eigenvalue weighted by molar-refractivity contribution is -0.384. The van der Waals surface area contributed by atoms with Gasteiger partial charge in [-0.25, -0.2) is 0 Å². The Hall–Kier alpha value is -1.70. The summed E-state index contributed by atoms with van der Waals surface area (Å²) >= 11 is 8.86. The molecule has 0 aliphatic carbocycles. The van der Waals surface area contributed by atoms with Crippen molar-refractivity contribution in [2.75, 3.05) is 12.3 Å². The molecule has 25 heavy (non-hydrogen) atoms.